The Morgan fingerprint density at radius 2 is 2.24 bits per heavy atom. The van der Waals surface area contributed by atoms with Crippen LogP contribution >= 0.6 is 11.6 Å². The third-order valence-corrected chi connectivity index (χ3v) is 2.28. The minimum atomic E-state index is -1.36. The van der Waals surface area contributed by atoms with Gasteiger partial charge in [0, 0.05) is 5.02 Å². The summed E-state index contributed by atoms with van der Waals surface area (Å²) in [5.74, 6) is -1.27. The molecule has 1 atom stereocenters. The smallest absolute Gasteiger partial charge is 0.325 e. The first-order chi connectivity index (χ1) is 8.04. The fraction of sp³-hybridized carbons (Fsp3) is 0.273. The molecule has 1 rings (SSSR count). The number of hydrogen-bond donors (Lipinski definition) is 2. The number of amides is 1. The monoisotopic (exact) mass is 257 g/mol. The van der Waals surface area contributed by atoms with Gasteiger partial charge in [0.25, 0.3) is 5.91 Å². The molecule has 0 aliphatic carbocycles. The lowest BCUT2D eigenvalue weighted by atomic mass is 10.1. The predicted octanol–water partition coefficient (Wildman–Crippen LogP) is 0.663. The number of carbonyl (C=O) groups excluding carboxylic acids is 2. The maximum absolute atomic E-state index is 11.5. The van der Waals surface area contributed by atoms with Crippen LogP contribution in [0, 0.1) is 0 Å². The quantitative estimate of drug-likeness (QED) is 0.777. The molecular weight excluding hydrogens is 246 g/mol. The van der Waals surface area contributed by atoms with E-state index in [4.69, 9.17) is 11.6 Å². The van der Waals surface area contributed by atoms with E-state index in [1.54, 1.807) is 18.2 Å². The molecule has 0 radical (unpaired) electrons. The summed E-state index contributed by atoms with van der Waals surface area (Å²) in [6, 6.07) is 6.29. The zero-order chi connectivity index (χ0) is 12.8. The molecule has 1 aromatic rings. The number of nitrogens with one attached hydrogen (secondary N) is 1. The summed E-state index contributed by atoms with van der Waals surface area (Å²) in [5.41, 5.74) is 0.361. The average molecular weight is 258 g/mol. The molecule has 0 bridgehead atoms. The molecule has 0 saturated carbocycles. The number of ether oxygens (including phenoxy) is 1. The highest BCUT2D eigenvalue weighted by Gasteiger charge is 2.18. The van der Waals surface area contributed by atoms with Crippen LogP contribution in [0.15, 0.2) is 24.3 Å². The van der Waals surface area contributed by atoms with Crippen LogP contribution < -0.4 is 5.32 Å². The molecule has 2 N–H and O–H groups in total. The Kier molecular flexibility index (Phi) is 4.93. The molecule has 0 aliphatic rings. The van der Waals surface area contributed by atoms with Gasteiger partial charge < -0.3 is 15.2 Å². The first-order valence-corrected chi connectivity index (χ1v) is 5.20. The number of aliphatic hydroxyl groups is 1. The van der Waals surface area contributed by atoms with Crippen molar-refractivity contribution >= 4 is 23.5 Å². The Labute approximate surface area is 103 Å². The van der Waals surface area contributed by atoms with Crippen LogP contribution in [0.5, 0.6) is 0 Å². The van der Waals surface area contributed by atoms with Crippen LogP contribution in [0.25, 0.3) is 0 Å². The van der Waals surface area contributed by atoms with Crippen LogP contribution in [0.1, 0.15) is 11.7 Å². The third-order valence-electron chi connectivity index (χ3n) is 2.05. The van der Waals surface area contributed by atoms with E-state index >= 15 is 0 Å². The SMILES string of the molecule is COC(=O)CNC(=O)C(O)c1cccc(Cl)c1. The van der Waals surface area contributed by atoms with Crippen molar-refractivity contribution in [2.75, 3.05) is 13.7 Å². The molecule has 0 aromatic heterocycles. The van der Waals surface area contributed by atoms with Crippen molar-refractivity contribution in [1.82, 2.24) is 5.32 Å². The summed E-state index contributed by atoms with van der Waals surface area (Å²) in [4.78, 5) is 22.3. The predicted molar refractivity (Wildman–Crippen MR) is 61.4 cm³/mol. The van der Waals surface area contributed by atoms with E-state index < -0.39 is 18.0 Å². The second-order valence-corrected chi connectivity index (χ2v) is 3.69. The second kappa shape index (κ2) is 6.22. The minimum Gasteiger partial charge on any atom is -0.468 e. The summed E-state index contributed by atoms with van der Waals surface area (Å²) < 4.78 is 4.35. The van der Waals surface area contributed by atoms with Gasteiger partial charge in [0.15, 0.2) is 6.10 Å². The van der Waals surface area contributed by atoms with Gasteiger partial charge in [0.05, 0.1) is 7.11 Å². The van der Waals surface area contributed by atoms with Crippen LogP contribution in [-0.2, 0) is 14.3 Å². The Morgan fingerprint density at radius 1 is 1.53 bits per heavy atom. The van der Waals surface area contributed by atoms with Gasteiger partial charge in [0.1, 0.15) is 6.54 Å². The van der Waals surface area contributed by atoms with Gasteiger partial charge in [-0.2, -0.15) is 0 Å². The Morgan fingerprint density at radius 3 is 2.82 bits per heavy atom. The van der Waals surface area contributed by atoms with Crippen molar-refractivity contribution in [3.8, 4) is 0 Å². The van der Waals surface area contributed by atoms with E-state index in [2.05, 4.69) is 10.1 Å². The fourth-order valence-corrected chi connectivity index (χ4v) is 1.35. The maximum atomic E-state index is 11.5. The lowest BCUT2D eigenvalue weighted by Gasteiger charge is -2.11. The van der Waals surface area contributed by atoms with Crippen LogP contribution in [0.4, 0.5) is 0 Å². The number of methoxy groups -OCH3 is 1. The largest absolute Gasteiger partial charge is 0.468 e. The fourth-order valence-electron chi connectivity index (χ4n) is 1.16. The summed E-state index contributed by atoms with van der Waals surface area (Å²) >= 11 is 5.73. The lowest BCUT2D eigenvalue weighted by Crippen LogP contribution is -2.34. The first-order valence-electron chi connectivity index (χ1n) is 4.82. The molecular formula is C11H12ClNO4. The molecule has 92 valence electrons. The van der Waals surface area contributed by atoms with Crippen LogP contribution in [0.2, 0.25) is 5.02 Å². The maximum Gasteiger partial charge on any atom is 0.325 e. The zero-order valence-electron chi connectivity index (χ0n) is 9.14. The standard InChI is InChI=1S/C11H12ClNO4/c1-17-9(14)6-13-11(16)10(15)7-3-2-4-8(12)5-7/h2-5,10,15H,6H2,1H3,(H,13,16). The van der Waals surface area contributed by atoms with Crippen molar-refractivity contribution in [1.29, 1.82) is 0 Å². The summed E-state index contributed by atoms with van der Waals surface area (Å²) in [5, 5.41) is 12.3. The van der Waals surface area contributed by atoms with Gasteiger partial charge in [0.2, 0.25) is 0 Å². The molecule has 1 amide bonds. The van der Waals surface area contributed by atoms with Gasteiger partial charge in [-0.25, -0.2) is 0 Å². The van der Waals surface area contributed by atoms with E-state index in [0.717, 1.165) is 0 Å². The summed E-state index contributed by atoms with van der Waals surface area (Å²) in [7, 11) is 1.21. The highest BCUT2D eigenvalue weighted by Crippen LogP contribution is 2.17. The van der Waals surface area contributed by atoms with E-state index in [1.165, 1.54) is 13.2 Å². The first kappa shape index (κ1) is 13.5. The molecule has 0 aliphatic heterocycles. The minimum absolute atomic E-state index is 0.285. The molecule has 6 heteroatoms. The van der Waals surface area contributed by atoms with E-state index in [9.17, 15) is 14.7 Å². The Bertz CT molecular complexity index is 422. The van der Waals surface area contributed by atoms with E-state index in [-0.39, 0.29) is 6.54 Å². The number of aliphatic hydroxyl groups excluding tert-OH is 1. The molecule has 0 heterocycles. The highest BCUT2D eigenvalue weighted by atomic mass is 35.5. The molecule has 0 saturated heterocycles. The van der Waals surface area contributed by atoms with Crippen molar-refractivity contribution in [2.24, 2.45) is 0 Å². The summed E-state index contributed by atoms with van der Waals surface area (Å²) in [6.45, 7) is -0.285. The number of carbonyl (C=O) groups is 2. The number of hydrogen-bond acceptors (Lipinski definition) is 4. The second-order valence-electron chi connectivity index (χ2n) is 3.25. The number of esters is 1. The topological polar surface area (TPSA) is 75.6 Å². The molecule has 17 heavy (non-hydrogen) atoms. The van der Waals surface area contributed by atoms with Gasteiger partial charge in [-0.3, -0.25) is 9.59 Å². The summed E-state index contributed by atoms with van der Waals surface area (Å²) in [6.07, 6.45) is -1.36. The Hall–Kier alpha value is -1.59. The van der Waals surface area contributed by atoms with E-state index in [0.29, 0.717) is 10.6 Å². The van der Waals surface area contributed by atoms with Gasteiger partial charge >= 0.3 is 5.97 Å². The van der Waals surface area contributed by atoms with Gasteiger partial charge in [-0.05, 0) is 17.7 Å². The van der Waals surface area contributed by atoms with Gasteiger partial charge in [-0.15, -0.1) is 0 Å². The normalized spacial score (nSPS) is 11.7. The molecule has 0 spiro atoms. The van der Waals surface area contributed by atoms with Gasteiger partial charge in [-0.1, -0.05) is 23.7 Å². The highest BCUT2D eigenvalue weighted by molar-refractivity contribution is 6.30. The lowest BCUT2D eigenvalue weighted by molar-refractivity contribution is -0.142. The Balaban J connectivity index is 2.60. The van der Waals surface area contributed by atoms with Crippen LogP contribution in [-0.4, -0.2) is 30.6 Å². The zero-order valence-corrected chi connectivity index (χ0v) is 9.90. The number of rotatable bonds is 4. The van der Waals surface area contributed by atoms with Crippen molar-refractivity contribution < 1.29 is 19.4 Å². The van der Waals surface area contributed by atoms with E-state index in [1.807, 2.05) is 0 Å². The number of halogens is 1. The average Bonchev–Trinajstić information content (AvgIpc) is 2.34. The molecule has 1 aromatic carbocycles. The van der Waals surface area contributed by atoms with Crippen LogP contribution in [0.3, 0.4) is 0 Å². The van der Waals surface area contributed by atoms with Crippen molar-refractivity contribution in [3.63, 3.8) is 0 Å². The molecule has 5 nitrogen and oxygen atoms in total. The third kappa shape index (κ3) is 4.05. The number of benzene rings is 1. The molecule has 0 fully saturated rings. The van der Waals surface area contributed by atoms with Crippen molar-refractivity contribution in [3.05, 3.63) is 34.9 Å². The van der Waals surface area contributed by atoms with Crippen molar-refractivity contribution in [2.45, 2.75) is 6.10 Å². The molecule has 1 unspecified atom stereocenters.